The Bertz CT molecular complexity index is 1560. The molecular formula is C32H33NO6S. The molecule has 40 heavy (non-hydrogen) atoms. The molecular weight excluding hydrogens is 526 g/mol. The number of carbonyl (C=O) groups excluding carboxylic acids is 2. The lowest BCUT2D eigenvalue weighted by Gasteiger charge is -2.30. The van der Waals surface area contributed by atoms with Gasteiger partial charge in [0.25, 0.3) is 0 Å². The van der Waals surface area contributed by atoms with Gasteiger partial charge in [0, 0.05) is 0 Å². The van der Waals surface area contributed by atoms with Crippen molar-refractivity contribution in [3.63, 3.8) is 0 Å². The van der Waals surface area contributed by atoms with Crippen LogP contribution < -0.4 is 0 Å². The molecule has 0 amide bonds. The first kappa shape index (κ1) is 29.0. The minimum Gasteiger partial charge on any atom is -0.460 e. The number of rotatable bonds is 10. The van der Waals surface area contributed by atoms with Gasteiger partial charge in [0.05, 0.1) is 4.90 Å². The number of esters is 2. The van der Waals surface area contributed by atoms with Crippen molar-refractivity contribution in [3.8, 4) is 0 Å². The van der Waals surface area contributed by atoms with Crippen molar-refractivity contribution < 1.29 is 27.5 Å². The molecule has 0 aliphatic rings. The zero-order chi connectivity index (χ0) is 28.8. The Morgan fingerprint density at radius 2 is 1.35 bits per heavy atom. The summed E-state index contributed by atoms with van der Waals surface area (Å²) in [4.78, 5) is 26.6. The van der Waals surface area contributed by atoms with Crippen molar-refractivity contribution in [2.24, 2.45) is 0 Å². The van der Waals surface area contributed by atoms with Crippen LogP contribution in [-0.4, -0.2) is 42.8 Å². The Hall–Kier alpha value is -4.01. The fraction of sp³-hybridized carbons (Fsp3) is 0.250. The monoisotopic (exact) mass is 559 g/mol. The Labute approximate surface area is 235 Å². The standard InChI is InChI=1S/C32H33NO6S/c1-32(2,3)39-30(34)22-33(40(36,37)28-19-18-26-16-10-11-17-27(26)21-28)29(20-24-12-6-4-7-13-24)31(35)38-23-25-14-8-5-9-15-25/h4-19,21,29H,20,22-23H2,1-3H3/t29-/m1/s1. The summed E-state index contributed by atoms with van der Waals surface area (Å²) in [6.45, 7) is 4.39. The van der Waals surface area contributed by atoms with E-state index in [9.17, 15) is 18.0 Å². The first-order valence-corrected chi connectivity index (χ1v) is 14.4. The summed E-state index contributed by atoms with van der Waals surface area (Å²) in [6.07, 6.45) is 0.00404. The van der Waals surface area contributed by atoms with E-state index in [1.807, 2.05) is 60.7 Å². The summed E-state index contributed by atoms with van der Waals surface area (Å²) in [5.74, 6) is -1.54. The van der Waals surface area contributed by atoms with Crippen LogP contribution in [0.3, 0.4) is 0 Å². The number of fused-ring (bicyclic) bond motifs is 1. The van der Waals surface area contributed by atoms with Gasteiger partial charge in [-0.1, -0.05) is 91.0 Å². The topological polar surface area (TPSA) is 90.0 Å². The SMILES string of the molecule is CC(C)(C)OC(=O)CN([C@H](Cc1ccccc1)C(=O)OCc1ccccc1)S(=O)(=O)c1ccc2ccccc2c1. The maximum atomic E-state index is 14.2. The molecule has 4 aromatic rings. The molecule has 0 radical (unpaired) electrons. The average molecular weight is 560 g/mol. The second-order valence-corrected chi connectivity index (χ2v) is 12.3. The van der Waals surface area contributed by atoms with Crippen LogP contribution in [0.5, 0.6) is 0 Å². The highest BCUT2D eigenvalue weighted by atomic mass is 32.2. The number of hydrogen-bond donors (Lipinski definition) is 0. The minimum atomic E-state index is -4.36. The third-order valence-corrected chi connectivity index (χ3v) is 8.00. The highest BCUT2D eigenvalue weighted by Gasteiger charge is 2.39. The van der Waals surface area contributed by atoms with Crippen molar-refractivity contribution in [2.45, 2.75) is 50.3 Å². The number of hydrogen-bond acceptors (Lipinski definition) is 6. The van der Waals surface area contributed by atoms with E-state index in [0.717, 1.165) is 15.3 Å². The van der Waals surface area contributed by atoms with Crippen molar-refractivity contribution in [1.29, 1.82) is 0 Å². The molecule has 4 rings (SSSR count). The predicted octanol–water partition coefficient (Wildman–Crippen LogP) is 5.53. The number of sulfonamides is 1. The van der Waals surface area contributed by atoms with Gasteiger partial charge in [-0.05, 0) is 61.2 Å². The van der Waals surface area contributed by atoms with E-state index in [4.69, 9.17) is 9.47 Å². The van der Waals surface area contributed by atoms with E-state index >= 15 is 0 Å². The second-order valence-electron chi connectivity index (χ2n) is 10.4. The molecule has 8 heteroatoms. The molecule has 0 spiro atoms. The van der Waals surface area contributed by atoms with Crippen molar-refractivity contribution in [3.05, 3.63) is 114 Å². The summed E-state index contributed by atoms with van der Waals surface area (Å²) in [7, 11) is -4.36. The molecule has 0 aliphatic heterocycles. The fourth-order valence-corrected chi connectivity index (χ4v) is 5.85. The Kier molecular flexibility index (Phi) is 9.02. The van der Waals surface area contributed by atoms with Gasteiger partial charge in [0.1, 0.15) is 24.8 Å². The smallest absolute Gasteiger partial charge is 0.325 e. The number of benzene rings is 4. The van der Waals surface area contributed by atoms with Gasteiger partial charge in [0.2, 0.25) is 10.0 Å². The van der Waals surface area contributed by atoms with Crippen molar-refractivity contribution in [1.82, 2.24) is 4.31 Å². The second kappa shape index (κ2) is 12.4. The molecule has 7 nitrogen and oxygen atoms in total. The van der Waals surface area contributed by atoms with E-state index in [2.05, 4.69) is 0 Å². The third-order valence-electron chi connectivity index (χ3n) is 6.15. The zero-order valence-corrected chi connectivity index (χ0v) is 23.6. The van der Waals surface area contributed by atoms with E-state index < -0.39 is 40.1 Å². The largest absolute Gasteiger partial charge is 0.460 e. The third kappa shape index (κ3) is 7.55. The highest BCUT2D eigenvalue weighted by molar-refractivity contribution is 7.89. The molecule has 0 saturated heterocycles. The molecule has 4 aromatic carbocycles. The average Bonchev–Trinajstić information content (AvgIpc) is 2.93. The van der Waals surface area contributed by atoms with Gasteiger partial charge in [-0.3, -0.25) is 9.59 Å². The molecule has 0 heterocycles. The summed E-state index contributed by atoms with van der Waals surface area (Å²) in [5, 5.41) is 1.58. The van der Waals surface area contributed by atoms with Crippen LogP contribution in [-0.2, 0) is 42.1 Å². The predicted molar refractivity (Wildman–Crippen MR) is 154 cm³/mol. The number of carbonyl (C=O) groups is 2. The lowest BCUT2D eigenvalue weighted by Crippen LogP contribution is -2.50. The highest BCUT2D eigenvalue weighted by Crippen LogP contribution is 2.26. The van der Waals surface area contributed by atoms with Gasteiger partial charge in [-0.25, -0.2) is 8.42 Å². The molecule has 1 atom stereocenters. The minimum absolute atomic E-state index is 0.00404. The zero-order valence-electron chi connectivity index (χ0n) is 22.8. The maximum Gasteiger partial charge on any atom is 0.325 e. The quantitative estimate of drug-likeness (QED) is 0.238. The lowest BCUT2D eigenvalue weighted by atomic mass is 10.1. The van der Waals surface area contributed by atoms with Crippen molar-refractivity contribution >= 4 is 32.7 Å². The molecule has 0 aromatic heterocycles. The first-order valence-electron chi connectivity index (χ1n) is 13.0. The summed E-state index contributed by atoms with van der Waals surface area (Å²) in [5.41, 5.74) is 0.621. The lowest BCUT2D eigenvalue weighted by molar-refractivity contribution is -0.157. The molecule has 0 saturated carbocycles. The molecule has 0 aliphatic carbocycles. The summed E-state index contributed by atoms with van der Waals surface area (Å²) >= 11 is 0. The Balaban J connectivity index is 1.76. The Morgan fingerprint density at radius 3 is 1.98 bits per heavy atom. The van der Waals surface area contributed by atoms with E-state index in [1.54, 1.807) is 57.2 Å². The van der Waals surface area contributed by atoms with Crippen LogP contribution in [0.4, 0.5) is 0 Å². The van der Waals surface area contributed by atoms with Crippen LogP contribution in [0, 0.1) is 0 Å². The summed E-state index contributed by atoms with van der Waals surface area (Å²) < 4.78 is 40.4. The van der Waals surface area contributed by atoms with Crippen LogP contribution >= 0.6 is 0 Å². The molecule has 0 fully saturated rings. The van der Waals surface area contributed by atoms with Crippen molar-refractivity contribution in [2.75, 3.05) is 6.54 Å². The molecule has 0 bridgehead atoms. The van der Waals surface area contributed by atoms with Crippen LogP contribution in [0.25, 0.3) is 10.8 Å². The van der Waals surface area contributed by atoms with E-state index in [1.165, 1.54) is 6.07 Å². The maximum absolute atomic E-state index is 14.2. The van der Waals surface area contributed by atoms with Crippen LogP contribution in [0.1, 0.15) is 31.9 Å². The normalized spacial score (nSPS) is 12.7. The van der Waals surface area contributed by atoms with Gasteiger partial charge in [-0.2, -0.15) is 4.31 Å². The van der Waals surface area contributed by atoms with Crippen LogP contribution in [0.15, 0.2) is 108 Å². The summed E-state index contributed by atoms with van der Waals surface area (Å²) in [6, 6.07) is 28.9. The Morgan fingerprint density at radius 1 is 0.775 bits per heavy atom. The molecule has 0 N–H and O–H groups in total. The van der Waals surface area contributed by atoms with Gasteiger partial charge in [-0.15, -0.1) is 0 Å². The first-order chi connectivity index (χ1) is 19.0. The number of ether oxygens (including phenoxy) is 2. The van der Waals surface area contributed by atoms with Crippen LogP contribution in [0.2, 0.25) is 0 Å². The van der Waals surface area contributed by atoms with Gasteiger partial charge in [0.15, 0.2) is 0 Å². The fourth-order valence-electron chi connectivity index (χ4n) is 4.29. The van der Waals surface area contributed by atoms with Gasteiger partial charge < -0.3 is 9.47 Å². The van der Waals surface area contributed by atoms with E-state index in [0.29, 0.717) is 10.9 Å². The number of nitrogens with zero attached hydrogens (tertiary/aromatic N) is 1. The van der Waals surface area contributed by atoms with E-state index in [-0.39, 0.29) is 17.9 Å². The molecule has 0 unspecified atom stereocenters. The molecule has 208 valence electrons. The van der Waals surface area contributed by atoms with Gasteiger partial charge >= 0.3 is 11.9 Å².